The van der Waals surface area contributed by atoms with Gasteiger partial charge in [-0.2, -0.15) is 5.10 Å². The van der Waals surface area contributed by atoms with Gasteiger partial charge in [-0.3, -0.25) is 4.79 Å². The molecule has 0 radical (unpaired) electrons. The molecule has 9 heteroatoms. The first-order valence-electron chi connectivity index (χ1n) is 9.27. The third kappa shape index (κ3) is 4.55. The molecule has 7 nitrogen and oxygen atoms in total. The van der Waals surface area contributed by atoms with E-state index in [1.54, 1.807) is 23.7 Å². The fourth-order valence-electron chi connectivity index (χ4n) is 2.94. The van der Waals surface area contributed by atoms with Gasteiger partial charge >= 0.3 is 0 Å². The molecule has 0 aliphatic heterocycles. The van der Waals surface area contributed by atoms with Gasteiger partial charge in [-0.25, -0.2) is 14.1 Å². The Bertz CT molecular complexity index is 1000. The molecule has 0 saturated carbocycles. The molecule has 2 aromatic heterocycles. The SMILES string of the molecule is CCOC(CNC(=O)c1cnc2c(c(C)nn2-c2ccc(F)cc2)c1Cl)OCC. The van der Waals surface area contributed by atoms with Gasteiger partial charge in [-0.15, -0.1) is 0 Å². The lowest BCUT2D eigenvalue weighted by Crippen LogP contribution is -2.35. The zero-order valence-electron chi connectivity index (χ0n) is 16.4. The summed E-state index contributed by atoms with van der Waals surface area (Å²) >= 11 is 6.53. The molecule has 29 heavy (non-hydrogen) atoms. The van der Waals surface area contributed by atoms with Crippen molar-refractivity contribution in [1.29, 1.82) is 0 Å². The number of aryl methyl sites for hydroxylation is 1. The van der Waals surface area contributed by atoms with E-state index < -0.39 is 6.29 Å². The fourth-order valence-corrected chi connectivity index (χ4v) is 3.29. The largest absolute Gasteiger partial charge is 0.351 e. The first-order chi connectivity index (χ1) is 14.0. The molecule has 0 spiro atoms. The summed E-state index contributed by atoms with van der Waals surface area (Å²) in [6, 6.07) is 5.88. The summed E-state index contributed by atoms with van der Waals surface area (Å²) in [5.74, 6) is -0.730. The van der Waals surface area contributed by atoms with E-state index in [0.29, 0.717) is 35.6 Å². The average molecular weight is 421 g/mol. The number of carbonyl (C=O) groups is 1. The molecule has 0 unspecified atom stereocenters. The minimum atomic E-state index is -0.535. The van der Waals surface area contributed by atoms with Crippen LogP contribution in [0.1, 0.15) is 29.9 Å². The Balaban J connectivity index is 1.89. The maximum absolute atomic E-state index is 13.2. The Kier molecular flexibility index (Phi) is 6.79. The van der Waals surface area contributed by atoms with E-state index in [-0.39, 0.29) is 28.9 Å². The number of amides is 1. The average Bonchev–Trinajstić information content (AvgIpc) is 3.04. The number of hydrogen-bond acceptors (Lipinski definition) is 5. The Labute approximate surface area is 172 Å². The van der Waals surface area contributed by atoms with E-state index >= 15 is 0 Å². The van der Waals surface area contributed by atoms with Crippen LogP contribution in [0.15, 0.2) is 30.5 Å². The van der Waals surface area contributed by atoms with E-state index in [0.717, 1.165) is 0 Å². The molecular formula is C20H22ClFN4O3. The highest BCUT2D eigenvalue weighted by molar-refractivity contribution is 6.38. The first-order valence-corrected chi connectivity index (χ1v) is 9.65. The molecule has 0 atom stereocenters. The van der Waals surface area contributed by atoms with Crippen molar-refractivity contribution in [3.63, 3.8) is 0 Å². The number of carbonyl (C=O) groups excluding carboxylic acids is 1. The zero-order chi connectivity index (χ0) is 21.0. The number of fused-ring (bicyclic) bond motifs is 1. The smallest absolute Gasteiger partial charge is 0.254 e. The normalized spacial score (nSPS) is 11.4. The molecule has 1 amide bonds. The maximum Gasteiger partial charge on any atom is 0.254 e. The molecule has 0 bridgehead atoms. The summed E-state index contributed by atoms with van der Waals surface area (Å²) in [6.45, 7) is 6.60. The number of rotatable bonds is 8. The van der Waals surface area contributed by atoms with Gasteiger partial charge in [0.1, 0.15) is 5.82 Å². The van der Waals surface area contributed by atoms with Gasteiger partial charge in [0.2, 0.25) is 0 Å². The maximum atomic E-state index is 13.2. The number of hydrogen-bond donors (Lipinski definition) is 1. The predicted molar refractivity (Wildman–Crippen MR) is 108 cm³/mol. The topological polar surface area (TPSA) is 78.3 Å². The summed E-state index contributed by atoms with van der Waals surface area (Å²) in [4.78, 5) is 17.0. The van der Waals surface area contributed by atoms with Crippen LogP contribution in [-0.4, -0.2) is 46.7 Å². The third-order valence-corrected chi connectivity index (χ3v) is 4.65. The summed E-state index contributed by atoms with van der Waals surface area (Å²) < 4.78 is 25.6. The van der Waals surface area contributed by atoms with Crippen LogP contribution in [0.4, 0.5) is 4.39 Å². The highest BCUT2D eigenvalue weighted by Crippen LogP contribution is 2.30. The van der Waals surface area contributed by atoms with Crippen LogP contribution < -0.4 is 5.32 Å². The molecule has 1 N–H and O–H groups in total. The van der Waals surface area contributed by atoms with Gasteiger partial charge < -0.3 is 14.8 Å². The number of benzene rings is 1. The molecule has 2 heterocycles. The highest BCUT2D eigenvalue weighted by atomic mass is 35.5. The van der Waals surface area contributed by atoms with Crippen LogP contribution in [0.5, 0.6) is 0 Å². The molecule has 0 aliphatic carbocycles. The van der Waals surface area contributed by atoms with Crippen LogP contribution in [-0.2, 0) is 9.47 Å². The number of nitrogens with one attached hydrogen (secondary N) is 1. The summed E-state index contributed by atoms with van der Waals surface area (Å²) in [7, 11) is 0. The summed E-state index contributed by atoms with van der Waals surface area (Å²) in [5, 5.41) is 8.02. The molecule has 0 fully saturated rings. The third-order valence-electron chi connectivity index (χ3n) is 4.26. The number of aromatic nitrogens is 3. The second kappa shape index (κ2) is 9.30. The molecule has 3 aromatic rings. The minimum Gasteiger partial charge on any atom is -0.351 e. The van der Waals surface area contributed by atoms with Crippen molar-refractivity contribution in [3.05, 3.63) is 52.6 Å². The van der Waals surface area contributed by atoms with Crippen molar-refractivity contribution >= 4 is 28.5 Å². The van der Waals surface area contributed by atoms with Crippen LogP contribution in [0.3, 0.4) is 0 Å². The van der Waals surface area contributed by atoms with Gasteiger partial charge in [-0.1, -0.05) is 11.6 Å². The van der Waals surface area contributed by atoms with Gasteiger partial charge in [-0.05, 0) is 45.0 Å². The second-order valence-electron chi connectivity index (χ2n) is 6.21. The van der Waals surface area contributed by atoms with Crippen molar-refractivity contribution in [2.45, 2.75) is 27.1 Å². The van der Waals surface area contributed by atoms with Crippen LogP contribution in [0.25, 0.3) is 16.7 Å². The Morgan fingerprint density at radius 3 is 2.52 bits per heavy atom. The van der Waals surface area contributed by atoms with E-state index in [1.807, 2.05) is 13.8 Å². The molecular weight excluding hydrogens is 399 g/mol. The van der Waals surface area contributed by atoms with Crippen LogP contribution >= 0.6 is 11.6 Å². The Morgan fingerprint density at radius 1 is 1.24 bits per heavy atom. The lowest BCUT2D eigenvalue weighted by atomic mass is 10.2. The van der Waals surface area contributed by atoms with E-state index in [9.17, 15) is 9.18 Å². The van der Waals surface area contributed by atoms with Gasteiger partial charge in [0.15, 0.2) is 11.9 Å². The number of halogens is 2. The van der Waals surface area contributed by atoms with E-state index in [1.165, 1.54) is 18.3 Å². The molecule has 1 aromatic carbocycles. The minimum absolute atomic E-state index is 0.183. The second-order valence-corrected chi connectivity index (χ2v) is 6.59. The zero-order valence-corrected chi connectivity index (χ0v) is 17.2. The van der Waals surface area contributed by atoms with Crippen molar-refractivity contribution in [3.8, 4) is 5.69 Å². The molecule has 3 rings (SSSR count). The quantitative estimate of drug-likeness (QED) is 0.563. The standard InChI is InChI=1S/C20H22ClFN4O3/c1-4-28-16(29-5-2)11-24-20(27)15-10-23-19-17(18(15)21)12(3)25-26(19)14-8-6-13(22)7-9-14/h6-10,16H,4-5,11H2,1-3H3,(H,24,27). The van der Waals surface area contributed by atoms with Gasteiger partial charge in [0, 0.05) is 19.4 Å². The number of nitrogens with zero attached hydrogens (tertiary/aromatic N) is 3. The number of pyridine rings is 1. The fraction of sp³-hybridized carbons (Fsp3) is 0.350. The van der Waals surface area contributed by atoms with E-state index in [2.05, 4.69) is 15.4 Å². The molecule has 0 saturated heterocycles. The molecule has 0 aliphatic rings. The summed E-state index contributed by atoms with van der Waals surface area (Å²) in [5.41, 5.74) is 1.96. The Hall–Kier alpha value is -2.55. The predicted octanol–water partition coefficient (Wildman–Crippen LogP) is 3.65. The van der Waals surface area contributed by atoms with Crippen LogP contribution in [0.2, 0.25) is 5.02 Å². The van der Waals surface area contributed by atoms with Crippen LogP contribution in [0, 0.1) is 12.7 Å². The summed E-state index contributed by atoms with van der Waals surface area (Å²) in [6.07, 6.45) is 0.865. The Morgan fingerprint density at radius 2 is 1.90 bits per heavy atom. The number of ether oxygens (including phenoxy) is 2. The van der Waals surface area contributed by atoms with Crippen molar-refractivity contribution < 1.29 is 18.7 Å². The van der Waals surface area contributed by atoms with Crippen molar-refractivity contribution in [2.75, 3.05) is 19.8 Å². The van der Waals surface area contributed by atoms with Crippen molar-refractivity contribution in [2.24, 2.45) is 0 Å². The monoisotopic (exact) mass is 420 g/mol. The lowest BCUT2D eigenvalue weighted by Gasteiger charge is -2.17. The van der Waals surface area contributed by atoms with E-state index in [4.69, 9.17) is 21.1 Å². The van der Waals surface area contributed by atoms with Gasteiger partial charge in [0.05, 0.1) is 33.9 Å². The van der Waals surface area contributed by atoms with Crippen molar-refractivity contribution in [1.82, 2.24) is 20.1 Å². The lowest BCUT2D eigenvalue weighted by molar-refractivity contribution is -0.131. The van der Waals surface area contributed by atoms with Gasteiger partial charge in [0.25, 0.3) is 5.91 Å². The molecule has 154 valence electrons. The first kappa shape index (κ1) is 21.2. The highest BCUT2D eigenvalue weighted by Gasteiger charge is 2.21.